The summed E-state index contributed by atoms with van der Waals surface area (Å²) in [5, 5.41) is 3.92. The monoisotopic (exact) mass is 250 g/mol. The molecule has 0 spiro atoms. The Labute approximate surface area is 113 Å². The Bertz CT molecular complexity index is 246. The molecule has 1 N–H and O–H groups in total. The van der Waals surface area contributed by atoms with Gasteiger partial charge in [0.05, 0.1) is 0 Å². The van der Waals surface area contributed by atoms with Crippen LogP contribution < -0.4 is 5.32 Å². The molecule has 0 aromatic carbocycles. The Hall–Kier alpha value is -0.0800. The van der Waals surface area contributed by atoms with Crippen LogP contribution in [0.15, 0.2) is 0 Å². The maximum absolute atomic E-state index is 3.92. The molecule has 18 heavy (non-hydrogen) atoms. The van der Waals surface area contributed by atoms with Gasteiger partial charge >= 0.3 is 0 Å². The molecule has 0 aromatic heterocycles. The van der Waals surface area contributed by atoms with E-state index in [1.54, 1.807) is 0 Å². The lowest BCUT2D eigenvalue weighted by Crippen LogP contribution is -2.35. The first kappa shape index (κ1) is 12.9. The maximum atomic E-state index is 3.92. The first-order valence-corrected chi connectivity index (χ1v) is 8.32. The van der Waals surface area contributed by atoms with Crippen LogP contribution in [0.25, 0.3) is 0 Å². The summed E-state index contributed by atoms with van der Waals surface area (Å²) in [4.78, 5) is 2.61. The van der Waals surface area contributed by atoms with Gasteiger partial charge in [0.2, 0.25) is 0 Å². The molecule has 2 heteroatoms. The zero-order chi connectivity index (χ0) is 12.4. The van der Waals surface area contributed by atoms with Crippen LogP contribution in [0.3, 0.4) is 0 Å². The van der Waals surface area contributed by atoms with Crippen LogP contribution in [0.1, 0.15) is 51.9 Å². The van der Waals surface area contributed by atoms with Gasteiger partial charge in [-0.15, -0.1) is 0 Å². The molecule has 0 bridgehead atoms. The summed E-state index contributed by atoms with van der Waals surface area (Å²) in [5.41, 5.74) is 0. The number of rotatable bonds is 6. The van der Waals surface area contributed by atoms with Gasteiger partial charge in [0.25, 0.3) is 0 Å². The van der Waals surface area contributed by atoms with E-state index in [9.17, 15) is 0 Å². The van der Waals surface area contributed by atoms with Crippen molar-refractivity contribution in [3.05, 3.63) is 0 Å². The van der Waals surface area contributed by atoms with Gasteiger partial charge in [-0.2, -0.15) is 0 Å². The normalized spacial score (nSPS) is 30.7. The Morgan fingerprint density at radius 2 is 1.72 bits per heavy atom. The van der Waals surface area contributed by atoms with Gasteiger partial charge in [-0.05, 0) is 88.9 Å². The van der Waals surface area contributed by atoms with Crippen molar-refractivity contribution in [3.63, 3.8) is 0 Å². The van der Waals surface area contributed by atoms with Crippen molar-refractivity contribution in [2.45, 2.75) is 57.9 Å². The van der Waals surface area contributed by atoms with Crippen LogP contribution in [0, 0.1) is 17.8 Å². The molecule has 3 rings (SSSR count). The summed E-state index contributed by atoms with van der Waals surface area (Å²) in [7, 11) is 0. The molecule has 0 aromatic rings. The molecule has 1 atom stereocenters. The van der Waals surface area contributed by atoms with Crippen LogP contribution in [0.2, 0.25) is 0 Å². The van der Waals surface area contributed by atoms with E-state index in [-0.39, 0.29) is 0 Å². The summed E-state index contributed by atoms with van der Waals surface area (Å²) in [6.07, 6.45) is 10.3. The van der Waals surface area contributed by atoms with Crippen molar-refractivity contribution in [2.24, 2.45) is 17.8 Å². The van der Waals surface area contributed by atoms with Crippen molar-refractivity contribution in [2.75, 3.05) is 26.2 Å². The lowest BCUT2D eigenvalue weighted by molar-refractivity contribution is 0.293. The highest BCUT2D eigenvalue weighted by atomic mass is 15.1. The summed E-state index contributed by atoms with van der Waals surface area (Å²) < 4.78 is 0. The van der Waals surface area contributed by atoms with Crippen molar-refractivity contribution in [1.29, 1.82) is 0 Å². The van der Waals surface area contributed by atoms with Gasteiger partial charge < -0.3 is 10.2 Å². The average molecular weight is 250 g/mol. The quantitative estimate of drug-likeness (QED) is 0.780. The third-order valence-electron chi connectivity index (χ3n) is 5.37. The zero-order valence-corrected chi connectivity index (χ0v) is 12.0. The third-order valence-corrected chi connectivity index (χ3v) is 5.37. The van der Waals surface area contributed by atoms with Gasteiger partial charge in [-0.25, -0.2) is 0 Å². The summed E-state index contributed by atoms with van der Waals surface area (Å²) in [6.45, 7) is 7.49. The first-order valence-electron chi connectivity index (χ1n) is 8.32. The zero-order valence-electron chi connectivity index (χ0n) is 12.0. The Kier molecular flexibility index (Phi) is 4.25. The standard InChI is InChI=1S/C16H30N2/c1-2-18-10-3-4-15(9-11-18)17-12-16(13-5-6-13)14-7-8-14/h13-17H,2-12H2,1H3. The molecule has 2 aliphatic carbocycles. The highest BCUT2D eigenvalue weighted by Crippen LogP contribution is 2.48. The number of hydrogen-bond acceptors (Lipinski definition) is 2. The van der Waals surface area contributed by atoms with Crippen LogP contribution in [-0.2, 0) is 0 Å². The van der Waals surface area contributed by atoms with Gasteiger partial charge in [0.15, 0.2) is 0 Å². The molecule has 1 aliphatic heterocycles. The van der Waals surface area contributed by atoms with Crippen LogP contribution in [0.4, 0.5) is 0 Å². The fourth-order valence-corrected chi connectivity index (χ4v) is 3.75. The topological polar surface area (TPSA) is 15.3 Å². The van der Waals surface area contributed by atoms with Gasteiger partial charge in [-0.3, -0.25) is 0 Å². The van der Waals surface area contributed by atoms with E-state index < -0.39 is 0 Å². The smallest absolute Gasteiger partial charge is 0.00798 e. The van der Waals surface area contributed by atoms with E-state index in [0.717, 1.165) is 23.8 Å². The van der Waals surface area contributed by atoms with Crippen LogP contribution in [0.5, 0.6) is 0 Å². The molecule has 0 amide bonds. The van der Waals surface area contributed by atoms with Crippen molar-refractivity contribution >= 4 is 0 Å². The third kappa shape index (κ3) is 3.48. The lowest BCUT2D eigenvalue weighted by Gasteiger charge is -2.22. The molecular weight excluding hydrogens is 220 g/mol. The Morgan fingerprint density at radius 3 is 2.33 bits per heavy atom. The second-order valence-corrected chi connectivity index (χ2v) is 6.81. The van der Waals surface area contributed by atoms with Crippen LogP contribution >= 0.6 is 0 Å². The molecule has 1 heterocycles. The van der Waals surface area contributed by atoms with E-state index in [0.29, 0.717) is 0 Å². The molecular formula is C16H30N2. The minimum absolute atomic E-state index is 0.807. The van der Waals surface area contributed by atoms with Crippen molar-refractivity contribution in [3.8, 4) is 0 Å². The van der Waals surface area contributed by atoms with Gasteiger partial charge in [-0.1, -0.05) is 6.92 Å². The van der Waals surface area contributed by atoms with Crippen LogP contribution in [-0.4, -0.2) is 37.1 Å². The van der Waals surface area contributed by atoms with E-state index >= 15 is 0 Å². The predicted molar refractivity (Wildman–Crippen MR) is 76.7 cm³/mol. The molecule has 1 unspecified atom stereocenters. The molecule has 2 saturated carbocycles. The fourth-order valence-electron chi connectivity index (χ4n) is 3.75. The highest BCUT2D eigenvalue weighted by Gasteiger charge is 2.41. The van der Waals surface area contributed by atoms with E-state index in [2.05, 4.69) is 17.1 Å². The predicted octanol–water partition coefficient (Wildman–Crippen LogP) is 2.89. The first-order chi connectivity index (χ1) is 8.86. The van der Waals surface area contributed by atoms with Gasteiger partial charge in [0.1, 0.15) is 0 Å². The number of hydrogen-bond donors (Lipinski definition) is 1. The lowest BCUT2D eigenvalue weighted by atomic mass is 9.97. The van der Waals surface area contributed by atoms with Gasteiger partial charge in [0, 0.05) is 6.04 Å². The highest BCUT2D eigenvalue weighted by molar-refractivity contribution is 4.93. The molecule has 1 saturated heterocycles. The number of nitrogens with zero attached hydrogens (tertiary/aromatic N) is 1. The number of nitrogens with one attached hydrogen (secondary N) is 1. The van der Waals surface area contributed by atoms with E-state index in [4.69, 9.17) is 0 Å². The van der Waals surface area contributed by atoms with Crippen molar-refractivity contribution < 1.29 is 0 Å². The number of likely N-dealkylation sites (tertiary alicyclic amines) is 1. The Balaban J connectivity index is 1.41. The molecule has 3 fully saturated rings. The minimum atomic E-state index is 0.807. The second kappa shape index (κ2) is 5.92. The van der Waals surface area contributed by atoms with E-state index in [1.165, 1.54) is 71.1 Å². The minimum Gasteiger partial charge on any atom is -0.314 e. The molecule has 3 aliphatic rings. The van der Waals surface area contributed by atoms with E-state index in [1.807, 2.05) is 0 Å². The second-order valence-electron chi connectivity index (χ2n) is 6.81. The SMILES string of the molecule is CCN1CCCC(NCC(C2CC2)C2CC2)CC1. The Morgan fingerprint density at radius 1 is 1.00 bits per heavy atom. The molecule has 104 valence electrons. The maximum Gasteiger partial charge on any atom is 0.00798 e. The summed E-state index contributed by atoms with van der Waals surface area (Å²) >= 11 is 0. The van der Waals surface area contributed by atoms with Crippen molar-refractivity contribution in [1.82, 2.24) is 10.2 Å². The largest absolute Gasteiger partial charge is 0.314 e. The summed E-state index contributed by atoms with van der Waals surface area (Å²) in [5.74, 6) is 3.24. The summed E-state index contributed by atoms with van der Waals surface area (Å²) in [6, 6.07) is 0.807. The average Bonchev–Trinajstić information content (AvgIpc) is 3.25. The molecule has 0 radical (unpaired) electrons. The fraction of sp³-hybridized carbons (Fsp3) is 1.00. The molecule has 2 nitrogen and oxygen atoms in total.